The summed E-state index contributed by atoms with van der Waals surface area (Å²) >= 11 is 6.37. The van der Waals surface area contributed by atoms with Crippen LogP contribution in [0.5, 0.6) is 6.01 Å². The van der Waals surface area contributed by atoms with Gasteiger partial charge in [-0.3, -0.25) is 4.98 Å². The lowest BCUT2D eigenvalue weighted by molar-refractivity contribution is -0.698. The Hall–Kier alpha value is -3.99. The molecule has 0 radical (unpaired) electrons. The molecule has 1 aliphatic rings. The summed E-state index contributed by atoms with van der Waals surface area (Å²) in [6.45, 7) is 1.91. The van der Waals surface area contributed by atoms with Gasteiger partial charge < -0.3 is 15.0 Å². The zero-order chi connectivity index (χ0) is 25.8. The third-order valence-corrected chi connectivity index (χ3v) is 6.12. The van der Waals surface area contributed by atoms with Gasteiger partial charge in [0.05, 0.1) is 35.2 Å². The molecule has 0 atom stereocenters. The van der Waals surface area contributed by atoms with E-state index in [1.54, 1.807) is 30.7 Å². The van der Waals surface area contributed by atoms with Crippen molar-refractivity contribution in [3.8, 4) is 6.01 Å². The summed E-state index contributed by atoms with van der Waals surface area (Å²) < 4.78 is 46.8. The summed E-state index contributed by atoms with van der Waals surface area (Å²) in [7, 11) is 0. The Labute approximate surface area is 215 Å². The Morgan fingerprint density at radius 1 is 1.05 bits per heavy atom. The summed E-state index contributed by atoms with van der Waals surface area (Å²) in [5.41, 5.74) is 1.34. The van der Waals surface area contributed by atoms with Gasteiger partial charge in [-0.05, 0) is 42.8 Å². The molecular formula is C25H22ClF3N7O+. The van der Waals surface area contributed by atoms with E-state index < -0.39 is 11.7 Å². The van der Waals surface area contributed by atoms with Crippen LogP contribution in [0.1, 0.15) is 16.8 Å². The maximum atomic E-state index is 13.0. The summed E-state index contributed by atoms with van der Waals surface area (Å²) in [4.78, 5) is 19.6. The van der Waals surface area contributed by atoms with Crippen LogP contribution < -0.4 is 19.5 Å². The third-order valence-electron chi connectivity index (χ3n) is 5.83. The molecule has 0 saturated heterocycles. The highest BCUT2D eigenvalue weighted by molar-refractivity contribution is 6.32. The zero-order valence-electron chi connectivity index (χ0n) is 19.5. The SMILES string of the molecule is FC(F)(F)c1ccc(Nc2nc(OCC[n+]3ccncc3)nc3c2CCN(c2ncccc2Cl)C3)cc1. The molecule has 3 aromatic heterocycles. The van der Waals surface area contributed by atoms with Crippen molar-refractivity contribution in [3.63, 3.8) is 0 Å². The second-order valence-corrected chi connectivity index (χ2v) is 8.70. The third kappa shape index (κ3) is 5.88. The molecule has 0 unspecified atom stereocenters. The van der Waals surface area contributed by atoms with Gasteiger partial charge >= 0.3 is 12.2 Å². The van der Waals surface area contributed by atoms with Crippen LogP contribution in [-0.2, 0) is 25.7 Å². The van der Waals surface area contributed by atoms with Crippen molar-refractivity contribution in [2.45, 2.75) is 25.7 Å². The van der Waals surface area contributed by atoms with Crippen molar-refractivity contribution < 1.29 is 22.5 Å². The number of benzene rings is 1. The van der Waals surface area contributed by atoms with Crippen molar-refractivity contribution in [2.24, 2.45) is 0 Å². The highest BCUT2D eigenvalue weighted by Gasteiger charge is 2.30. The van der Waals surface area contributed by atoms with Crippen LogP contribution in [0.25, 0.3) is 0 Å². The first-order chi connectivity index (χ1) is 17.9. The van der Waals surface area contributed by atoms with E-state index in [0.29, 0.717) is 55.0 Å². The molecule has 37 heavy (non-hydrogen) atoms. The van der Waals surface area contributed by atoms with E-state index in [2.05, 4.69) is 25.3 Å². The predicted octanol–water partition coefficient (Wildman–Crippen LogP) is 4.61. The van der Waals surface area contributed by atoms with E-state index in [4.69, 9.17) is 16.3 Å². The molecule has 0 amide bonds. The van der Waals surface area contributed by atoms with Crippen LogP contribution in [0.2, 0.25) is 5.02 Å². The van der Waals surface area contributed by atoms with Gasteiger partial charge in [0.25, 0.3) is 0 Å². The molecule has 0 bridgehead atoms. The van der Waals surface area contributed by atoms with Crippen LogP contribution in [-0.4, -0.2) is 33.1 Å². The molecule has 12 heteroatoms. The Morgan fingerprint density at radius 2 is 1.84 bits per heavy atom. The average molecular weight is 529 g/mol. The number of pyridine rings is 1. The fourth-order valence-electron chi connectivity index (χ4n) is 3.98. The lowest BCUT2D eigenvalue weighted by Gasteiger charge is -2.30. The number of hydrogen-bond acceptors (Lipinski definition) is 7. The fourth-order valence-corrected chi connectivity index (χ4v) is 4.23. The summed E-state index contributed by atoms with van der Waals surface area (Å²) in [5.74, 6) is 1.14. The molecule has 4 heterocycles. The van der Waals surface area contributed by atoms with Gasteiger partial charge in [-0.2, -0.15) is 27.7 Å². The Morgan fingerprint density at radius 3 is 2.57 bits per heavy atom. The molecule has 190 valence electrons. The van der Waals surface area contributed by atoms with Crippen LogP contribution in [0.15, 0.2) is 67.4 Å². The number of fused-ring (bicyclic) bond motifs is 1. The van der Waals surface area contributed by atoms with Gasteiger partial charge in [-0.25, -0.2) is 4.98 Å². The van der Waals surface area contributed by atoms with Crippen LogP contribution in [0, 0.1) is 0 Å². The largest absolute Gasteiger partial charge is 0.457 e. The predicted molar refractivity (Wildman–Crippen MR) is 131 cm³/mol. The molecule has 0 spiro atoms. The van der Waals surface area contributed by atoms with Crippen LogP contribution >= 0.6 is 11.6 Å². The summed E-state index contributed by atoms with van der Waals surface area (Å²) in [5, 5.41) is 3.69. The van der Waals surface area contributed by atoms with E-state index in [-0.39, 0.29) is 6.01 Å². The van der Waals surface area contributed by atoms with Crippen molar-refractivity contribution in [1.82, 2.24) is 19.9 Å². The maximum absolute atomic E-state index is 13.0. The smallest absolute Gasteiger partial charge is 0.416 e. The van der Waals surface area contributed by atoms with Crippen molar-refractivity contribution >= 4 is 28.9 Å². The lowest BCUT2D eigenvalue weighted by Crippen LogP contribution is -2.36. The second kappa shape index (κ2) is 10.6. The van der Waals surface area contributed by atoms with Crippen molar-refractivity contribution in [2.75, 3.05) is 23.4 Å². The van der Waals surface area contributed by atoms with Gasteiger partial charge in [0.1, 0.15) is 11.6 Å². The minimum Gasteiger partial charge on any atom is -0.457 e. The number of halogens is 4. The van der Waals surface area contributed by atoms with Gasteiger partial charge in [-0.1, -0.05) is 11.6 Å². The van der Waals surface area contributed by atoms with E-state index in [1.165, 1.54) is 12.1 Å². The first kappa shape index (κ1) is 24.7. The lowest BCUT2D eigenvalue weighted by atomic mass is 10.1. The molecule has 1 aromatic carbocycles. The number of aromatic nitrogens is 5. The molecule has 1 aliphatic heterocycles. The highest BCUT2D eigenvalue weighted by atomic mass is 35.5. The second-order valence-electron chi connectivity index (χ2n) is 8.29. The maximum Gasteiger partial charge on any atom is 0.416 e. The van der Waals surface area contributed by atoms with Crippen molar-refractivity contribution in [3.05, 3.63) is 89.2 Å². The topological polar surface area (TPSA) is 79.9 Å². The molecule has 5 rings (SSSR count). The summed E-state index contributed by atoms with van der Waals surface area (Å²) in [6, 6.07) is 8.53. The average Bonchev–Trinajstić information content (AvgIpc) is 2.89. The highest BCUT2D eigenvalue weighted by Crippen LogP contribution is 2.33. The molecular weight excluding hydrogens is 507 g/mol. The fraction of sp³-hybridized carbons (Fsp3) is 0.240. The number of anilines is 3. The minimum atomic E-state index is -4.41. The van der Waals surface area contributed by atoms with Gasteiger partial charge in [-0.15, -0.1) is 0 Å². The van der Waals surface area contributed by atoms with Crippen LogP contribution in [0.3, 0.4) is 0 Å². The normalized spacial score (nSPS) is 13.2. The first-order valence-electron chi connectivity index (χ1n) is 11.5. The number of nitrogens with zero attached hydrogens (tertiary/aromatic N) is 6. The molecule has 8 nitrogen and oxygen atoms in total. The minimum absolute atomic E-state index is 0.164. The molecule has 0 aliphatic carbocycles. The number of hydrogen-bond donors (Lipinski definition) is 1. The zero-order valence-corrected chi connectivity index (χ0v) is 20.2. The molecule has 0 saturated carbocycles. The Balaban J connectivity index is 1.41. The van der Waals surface area contributed by atoms with E-state index in [0.717, 1.165) is 23.4 Å². The Kier molecular flexibility index (Phi) is 7.04. The summed E-state index contributed by atoms with van der Waals surface area (Å²) in [6.07, 6.45) is 4.86. The monoisotopic (exact) mass is 528 g/mol. The number of nitrogens with one attached hydrogen (secondary N) is 1. The standard InChI is InChI=1S/C25H22ClF3N7O/c26-20-2-1-8-31-23(20)36-11-7-19-21(16-36)33-24(37-15-14-35-12-9-30-10-13-35)34-22(19)32-18-5-3-17(4-6-18)25(27,28)29/h1-6,8-10,12-13H,7,11,14-16H2,(H,32,33,34)/q+1. The Bertz CT molecular complexity index is 1370. The quantitative estimate of drug-likeness (QED) is 0.351. The molecule has 4 aromatic rings. The van der Waals surface area contributed by atoms with Gasteiger partial charge in [0, 0.05) is 24.0 Å². The molecule has 1 N–H and O–H groups in total. The van der Waals surface area contributed by atoms with Gasteiger partial charge in [0.2, 0.25) is 0 Å². The van der Waals surface area contributed by atoms with E-state index >= 15 is 0 Å². The van der Waals surface area contributed by atoms with Gasteiger partial charge in [0.15, 0.2) is 25.5 Å². The van der Waals surface area contributed by atoms with E-state index in [9.17, 15) is 13.2 Å². The van der Waals surface area contributed by atoms with Crippen molar-refractivity contribution in [1.29, 1.82) is 0 Å². The number of rotatable bonds is 7. The van der Waals surface area contributed by atoms with E-state index in [1.807, 2.05) is 21.9 Å². The number of ether oxygens (including phenoxy) is 1. The first-order valence-corrected chi connectivity index (χ1v) is 11.9. The molecule has 0 fully saturated rings. The van der Waals surface area contributed by atoms with Crippen LogP contribution in [0.4, 0.5) is 30.5 Å². The number of alkyl halides is 3.